The van der Waals surface area contributed by atoms with E-state index in [1.54, 1.807) is 6.07 Å². The van der Waals surface area contributed by atoms with Crippen LogP contribution in [-0.4, -0.2) is 54.6 Å². The zero-order valence-corrected chi connectivity index (χ0v) is 21.3. The second-order valence-corrected chi connectivity index (χ2v) is 9.92. The number of anilines is 1. The van der Waals surface area contributed by atoms with Crippen LogP contribution < -0.4 is 15.5 Å². The molecule has 6 nitrogen and oxygen atoms in total. The molecule has 3 aromatic rings. The van der Waals surface area contributed by atoms with E-state index in [0.717, 1.165) is 48.9 Å². The maximum atomic E-state index is 10.1. The summed E-state index contributed by atoms with van der Waals surface area (Å²) >= 11 is 12.5. The lowest BCUT2D eigenvalue weighted by atomic mass is 10.1. The summed E-state index contributed by atoms with van der Waals surface area (Å²) in [6.45, 7) is 5.26. The van der Waals surface area contributed by atoms with Crippen LogP contribution in [0.25, 0.3) is 11.0 Å². The minimum Gasteiger partial charge on any atom is -0.370 e. The van der Waals surface area contributed by atoms with Gasteiger partial charge in [0.2, 0.25) is 0 Å². The van der Waals surface area contributed by atoms with Gasteiger partial charge in [-0.05, 0) is 75.7 Å². The third kappa shape index (κ3) is 5.74. The molecule has 0 aliphatic carbocycles. The molecule has 0 amide bonds. The Hall–Kier alpha value is -2.12. The number of hydrogen-bond donors (Lipinski definition) is 2. The number of carbonyl (C=O) groups excluding carboxylic acids is 1. The van der Waals surface area contributed by atoms with Crippen LogP contribution in [0.3, 0.4) is 0 Å². The van der Waals surface area contributed by atoms with Crippen LogP contribution in [0.5, 0.6) is 0 Å². The highest BCUT2D eigenvalue weighted by molar-refractivity contribution is 6.35. The van der Waals surface area contributed by atoms with Crippen LogP contribution in [0.15, 0.2) is 42.7 Å². The Labute approximate surface area is 211 Å². The molecule has 3 atom stereocenters. The Morgan fingerprint density at radius 3 is 2.68 bits per heavy atom. The minimum absolute atomic E-state index is 0.0728. The van der Waals surface area contributed by atoms with Crippen molar-refractivity contribution in [2.75, 3.05) is 31.6 Å². The summed E-state index contributed by atoms with van der Waals surface area (Å²) in [5.41, 5.74) is 4.40. The highest BCUT2D eigenvalue weighted by atomic mass is 35.5. The fraction of sp³-hybridized carbons (Fsp3) is 0.462. The number of benzene rings is 2. The van der Waals surface area contributed by atoms with Gasteiger partial charge < -0.3 is 24.9 Å². The fourth-order valence-corrected chi connectivity index (χ4v) is 5.30. The minimum atomic E-state index is 0.0728. The number of nitrogens with one attached hydrogen (secondary N) is 2. The first kappa shape index (κ1) is 25.0. The van der Waals surface area contributed by atoms with Crippen LogP contribution >= 0.6 is 23.2 Å². The van der Waals surface area contributed by atoms with Crippen LogP contribution in [0, 0.1) is 0 Å². The van der Waals surface area contributed by atoms with Crippen LogP contribution in [0.2, 0.25) is 10.0 Å². The number of fused-ring (bicyclic) bond motifs is 1. The number of carbonyl (C=O) groups is 1. The molecule has 3 unspecified atom stereocenters. The number of aldehydes is 1. The molecule has 0 bridgehead atoms. The van der Waals surface area contributed by atoms with Crippen molar-refractivity contribution < 1.29 is 4.79 Å². The van der Waals surface area contributed by atoms with E-state index in [9.17, 15) is 4.79 Å². The number of hydrogen-bond acceptors (Lipinski definition) is 5. The van der Waals surface area contributed by atoms with E-state index < -0.39 is 0 Å². The number of piperidine rings is 1. The Balaban J connectivity index is 0.000000291. The predicted octanol–water partition coefficient (Wildman–Crippen LogP) is 5.08. The van der Waals surface area contributed by atoms with Gasteiger partial charge in [-0.25, -0.2) is 4.98 Å². The van der Waals surface area contributed by atoms with Gasteiger partial charge in [0.15, 0.2) is 0 Å². The van der Waals surface area contributed by atoms with E-state index in [2.05, 4.69) is 50.2 Å². The van der Waals surface area contributed by atoms with E-state index in [1.165, 1.54) is 24.9 Å². The van der Waals surface area contributed by atoms with Crippen molar-refractivity contribution in [3.8, 4) is 0 Å². The molecule has 2 N–H and O–H groups in total. The van der Waals surface area contributed by atoms with E-state index in [4.69, 9.17) is 23.2 Å². The average Bonchev–Trinajstić information content (AvgIpc) is 3.51. The van der Waals surface area contributed by atoms with Gasteiger partial charge in [-0.3, -0.25) is 0 Å². The number of rotatable bonds is 5. The molecule has 3 heterocycles. The number of aromatic nitrogens is 2. The highest BCUT2D eigenvalue weighted by Crippen LogP contribution is 2.32. The summed E-state index contributed by atoms with van der Waals surface area (Å²) in [5, 5.41) is 7.80. The Kier molecular flexibility index (Phi) is 8.48. The second-order valence-electron chi connectivity index (χ2n) is 9.08. The molecule has 2 aliphatic heterocycles. The lowest BCUT2D eigenvalue weighted by Crippen LogP contribution is -2.34. The summed E-state index contributed by atoms with van der Waals surface area (Å²) in [5.74, 6) is 0. The molecule has 1 aromatic heterocycles. The van der Waals surface area contributed by atoms with Gasteiger partial charge in [0.1, 0.15) is 6.29 Å². The van der Waals surface area contributed by atoms with Gasteiger partial charge in [0, 0.05) is 34.9 Å². The molecular weight excluding hydrogens is 469 g/mol. The van der Waals surface area contributed by atoms with Crippen molar-refractivity contribution in [2.24, 2.45) is 0 Å². The largest absolute Gasteiger partial charge is 0.370 e. The first-order chi connectivity index (χ1) is 16.5. The number of nitrogens with zero attached hydrogens (tertiary/aromatic N) is 3. The van der Waals surface area contributed by atoms with Gasteiger partial charge in [-0.1, -0.05) is 35.7 Å². The topological polar surface area (TPSA) is 62.2 Å². The van der Waals surface area contributed by atoms with Crippen LogP contribution in [-0.2, 0) is 4.79 Å². The van der Waals surface area contributed by atoms with Gasteiger partial charge in [0.25, 0.3) is 0 Å². The van der Waals surface area contributed by atoms with Crippen molar-refractivity contribution in [1.29, 1.82) is 0 Å². The molecule has 0 radical (unpaired) electrons. The van der Waals surface area contributed by atoms with Gasteiger partial charge in [0.05, 0.1) is 29.4 Å². The standard InChI is InChI=1S/C20H22Cl2N4.C6H11NO/c1-13(17-5-3-14(21)9-18(17)22)26-12-24-19-6-4-16(10-20(19)26)25-8-7-15(11-25)23-2;8-5-6-3-1-2-4-7-6/h3-6,9-10,12-13,15,23H,7-8,11H2,1-2H3;5-7H,1-4H2. The maximum absolute atomic E-state index is 10.1. The van der Waals surface area contributed by atoms with Crippen molar-refractivity contribution in [3.05, 3.63) is 58.3 Å². The van der Waals surface area contributed by atoms with Crippen molar-refractivity contribution in [2.45, 2.75) is 50.7 Å². The Morgan fingerprint density at radius 1 is 1.18 bits per heavy atom. The molecular formula is C26H33Cl2N5O. The molecule has 2 saturated heterocycles. The fourth-order valence-electron chi connectivity index (χ4n) is 4.74. The molecule has 0 saturated carbocycles. The molecule has 0 spiro atoms. The van der Waals surface area contributed by atoms with Crippen LogP contribution in [0.4, 0.5) is 5.69 Å². The summed E-state index contributed by atoms with van der Waals surface area (Å²) in [7, 11) is 2.03. The molecule has 34 heavy (non-hydrogen) atoms. The van der Waals surface area contributed by atoms with E-state index in [0.29, 0.717) is 16.1 Å². The number of imidazole rings is 1. The first-order valence-corrected chi connectivity index (χ1v) is 12.8. The third-order valence-corrected chi connectivity index (χ3v) is 7.43. The lowest BCUT2D eigenvalue weighted by Gasteiger charge is -2.20. The highest BCUT2D eigenvalue weighted by Gasteiger charge is 2.22. The summed E-state index contributed by atoms with van der Waals surface area (Å²) in [6, 6.07) is 13.0. The third-order valence-electron chi connectivity index (χ3n) is 6.86. The zero-order chi connectivity index (χ0) is 24.1. The molecule has 8 heteroatoms. The quantitative estimate of drug-likeness (QED) is 0.477. The molecule has 5 rings (SSSR count). The summed E-state index contributed by atoms with van der Waals surface area (Å²) in [4.78, 5) is 17.1. The summed E-state index contributed by atoms with van der Waals surface area (Å²) < 4.78 is 2.18. The Morgan fingerprint density at radius 2 is 2.03 bits per heavy atom. The summed E-state index contributed by atoms with van der Waals surface area (Å²) in [6.07, 6.45) is 7.53. The predicted molar refractivity (Wildman–Crippen MR) is 141 cm³/mol. The second kappa shape index (κ2) is 11.5. The maximum Gasteiger partial charge on any atom is 0.136 e. The number of likely N-dealkylation sites (N-methyl/N-ethyl adjacent to an activating group) is 1. The molecule has 2 aromatic carbocycles. The van der Waals surface area contributed by atoms with E-state index >= 15 is 0 Å². The van der Waals surface area contributed by atoms with Gasteiger partial charge >= 0.3 is 0 Å². The average molecular weight is 502 g/mol. The van der Waals surface area contributed by atoms with E-state index in [1.807, 2.05) is 25.5 Å². The molecule has 2 aliphatic rings. The normalized spacial score (nSPS) is 21.2. The van der Waals surface area contributed by atoms with Gasteiger partial charge in [-0.15, -0.1) is 0 Å². The van der Waals surface area contributed by atoms with Crippen molar-refractivity contribution >= 4 is 46.2 Å². The molecule has 182 valence electrons. The SMILES string of the molecule is CNC1CCN(c2ccc3ncn(C(C)c4ccc(Cl)cc4Cl)c3c2)C1.O=CC1CCCCN1. The van der Waals surface area contributed by atoms with Crippen molar-refractivity contribution in [3.63, 3.8) is 0 Å². The smallest absolute Gasteiger partial charge is 0.136 e. The van der Waals surface area contributed by atoms with Crippen LogP contribution in [0.1, 0.15) is 44.2 Å². The lowest BCUT2D eigenvalue weighted by molar-refractivity contribution is -0.110. The zero-order valence-electron chi connectivity index (χ0n) is 19.8. The first-order valence-electron chi connectivity index (χ1n) is 12.0. The monoisotopic (exact) mass is 501 g/mol. The Bertz CT molecular complexity index is 1110. The number of halogens is 2. The van der Waals surface area contributed by atoms with Gasteiger partial charge in [-0.2, -0.15) is 0 Å². The van der Waals surface area contributed by atoms with Crippen molar-refractivity contribution in [1.82, 2.24) is 20.2 Å². The molecule has 2 fully saturated rings. The van der Waals surface area contributed by atoms with E-state index in [-0.39, 0.29) is 12.1 Å².